The van der Waals surface area contributed by atoms with Gasteiger partial charge in [0.15, 0.2) is 0 Å². The van der Waals surface area contributed by atoms with Crippen molar-refractivity contribution in [3.8, 4) is 0 Å². The van der Waals surface area contributed by atoms with Crippen molar-refractivity contribution in [3.63, 3.8) is 0 Å². The van der Waals surface area contributed by atoms with Crippen LogP contribution in [-0.2, 0) is 9.53 Å². The first-order valence-corrected chi connectivity index (χ1v) is 7.74. The maximum absolute atomic E-state index is 12.5. The van der Waals surface area contributed by atoms with Crippen LogP contribution in [0.3, 0.4) is 0 Å². The molecule has 7 heteroatoms. The molecule has 0 saturated heterocycles. The molecule has 1 aromatic carbocycles. The number of ether oxygens (including phenoxy) is 1. The number of hydrogen-bond donors (Lipinski definition) is 4. The zero-order valence-electron chi connectivity index (χ0n) is 13.0. The summed E-state index contributed by atoms with van der Waals surface area (Å²) in [5.74, 6) is -0.394. The summed E-state index contributed by atoms with van der Waals surface area (Å²) in [6, 6.07) is 6.82. The minimum Gasteiger partial charge on any atom is -0.486 e. The van der Waals surface area contributed by atoms with Crippen molar-refractivity contribution in [2.24, 2.45) is 11.1 Å². The molecule has 1 saturated carbocycles. The third-order valence-corrected chi connectivity index (χ3v) is 3.87. The van der Waals surface area contributed by atoms with E-state index in [1.807, 2.05) is 0 Å². The van der Waals surface area contributed by atoms with Gasteiger partial charge < -0.3 is 26.5 Å². The summed E-state index contributed by atoms with van der Waals surface area (Å²) in [5.41, 5.74) is 6.37. The molecule has 1 aliphatic rings. The smallest absolute Gasteiger partial charge is 0.292 e. The third-order valence-electron chi connectivity index (χ3n) is 3.64. The van der Waals surface area contributed by atoms with Crippen molar-refractivity contribution >= 4 is 29.4 Å². The first kappa shape index (κ1) is 17.3. The fraction of sp³-hybridized carbons (Fsp3) is 0.375. The van der Waals surface area contributed by atoms with Gasteiger partial charge >= 0.3 is 0 Å². The SMILES string of the molecule is CC1(CO/C(C(=O)Nc2cccc(Cl)c2)=C(/C=N)NCN)CC1. The number of rotatable bonds is 8. The lowest BCUT2D eigenvalue weighted by Crippen LogP contribution is -2.29. The number of anilines is 1. The Labute approximate surface area is 140 Å². The number of allylic oxidation sites excluding steroid dienone is 1. The van der Waals surface area contributed by atoms with E-state index in [0.29, 0.717) is 17.3 Å². The van der Waals surface area contributed by atoms with Gasteiger partial charge in [0.25, 0.3) is 5.91 Å². The van der Waals surface area contributed by atoms with Gasteiger partial charge in [-0.2, -0.15) is 0 Å². The molecule has 124 valence electrons. The molecule has 1 amide bonds. The summed E-state index contributed by atoms with van der Waals surface area (Å²) in [6.45, 7) is 2.62. The molecule has 5 N–H and O–H groups in total. The highest BCUT2D eigenvalue weighted by Gasteiger charge is 2.39. The van der Waals surface area contributed by atoms with E-state index in [1.165, 1.54) is 0 Å². The second kappa shape index (κ2) is 7.48. The van der Waals surface area contributed by atoms with Crippen LogP contribution in [0.15, 0.2) is 35.7 Å². The fourth-order valence-corrected chi connectivity index (χ4v) is 2.12. The fourth-order valence-electron chi connectivity index (χ4n) is 1.93. The summed E-state index contributed by atoms with van der Waals surface area (Å²) in [6.07, 6.45) is 3.16. The van der Waals surface area contributed by atoms with E-state index in [-0.39, 0.29) is 23.5 Å². The van der Waals surface area contributed by atoms with Crippen LogP contribution in [0.2, 0.25) is 5.02 Å². The highest BCUT2D eigenvalue weighted by atomic mass is 35.5. The zero-order chi connectivity index (χ0) is 16.9. The van der Waals surface area contributed by atoms with Gasteiger partial charge in [-0.1, -0.05) is 24.6 Å². The summed E-state index contributed by atoms with van der Waals surface area (Å²) in [7, 11) is 0. The molecule has 0 spiro atoms. The Kier molecular flexibility index (Phi) is 5.63. The molecule has 0 radical (unpaired) electrons. The average molecular weight is 337 g/mol. The highest BCUT2D eigenvalue weighted by Crippen LogP contribution is 2.45. The highest BCUT2D eigenvalue weighted by molar-refractivity contribution is 6.30. The number of hydrogen-bond acceptors (Lipinski definition) is 5. The summed E-state index contributed by atoms with van der Waals surface area (Å²) >= 11 is 5.92. The van der Waals surface area contributed by atoms with Crippen LogP contribution in [0.4, 0.5) is 5.69 Å². The normalized spacial score (nSPS) is 16.1. The summed E-state index contributed by atoms with van der Waals surface area (Å²) in [4.78, 5) is 12.5. The van der Waals surface area contributed by atoms with Crippen molar-refractivity contribution in [2.75, 3.05) is 18.6 Å². The van der Waals surface area contributed by atoms with E-state index in [2.05, 4.69) is 17.6 Å². The van der Waals surface area contributed by atoms with Gasteiger partial charge in [-0.15, -0.1) is 0 Å². The molecule has 0 bridgehead atoms. The summed E-state index contributed by atoms with van der Waals surface area (Å²) < 4.78 is 5.70. The van der Waals surface area contributed by atoms with Crippen molar-refractivity contribution in [1.82, 2.24) is 5.32 Å². The topological polar surface area (TPSA) is 100 Å². The second-order valence-corrected chi connectivity index (χ2v) is 6.27. The lowest BCUT2D eigenvalue weighted by atomic mass is 10.2. The van der Waals surface area contributed by atoms with Gasteiger partial charge in [-0.25, -0.2) is 0 Å². The van der Waals surface area contributed by atoms with Crippen LogP contribution in [0.5, 0.6) is 0 Å². The molecule has 1 aromatic rings. The summed E-state index contributed by atoms with van der Waals surface area (Å²) in [5, 5.41) is 13.5. The Balaban J connectivity index is 2.17. The van der Waals surface area contributed by atoms with E-state index in [9.17, 15) is 4.79 Å². The van der Waals surface area contributed by atoms with Gasteiger partial charge in [0.05, 0.1) is 13.3 Å². The van der Waals surface area contributed by atoms with Gasteiger partial charge in [0.2, 0.25) is 5.76 Å². The van der Waals surface area contributed by atoms with Gasteiger partial charge in [0, 0.05) is 22.3 Å². The molecule has 0 aromatic heterocycles. The van der Waals surface area contributed by atoms with Crippen LogP contribution < -0.4 is 16.4 Å². The van der Waals surface area contributed by atoms with Crippen LogP contribution in [0.1, 0.15) is 19.8 Å². The average Bonchev–Trinajstić information content (AvgIpc) is 3.24. The molecule has 6 nitrogen and oxygen atoms in total. The van der Waals surface area contributed by atoms with E-state index < -0.39 is 5.91 Å². The van der Waals surface area contributed by atoms with Crippen LogP contribution in [-0.4, -0.2) is 25.4 Å². The second-order valence-electron chi connectivity index (χ2n) is 5.83. The molecule has 1 aliphatic carbocycles. The van der Waals surface area contributed by atoms with E-state index in [0.717, 1.165) is 19.1 Å². The molecule has 0 atom stereocenters. The number of nitrogens with one attached hydrogen (secondary N) is 3. The van der Waals surface area contributed by atoms with Crippen molar-refractivity contribution in [3.05, 3.63) is 40.7 Å². The number of carbonyl (C=O) groups is 1. The van der Waals surface area contributed by atoms with Crippen molar-refractivity contribution < 1.29 is 9.53 Å². The Hall–Kier alpha value is -2.05. The molecule has 2 rings (SSSR count). The van der Waals surface area contributed by atoms with Gasteiger partial charge in [-0.3, -0.25) is 4.79 Å². The molecular weight excluding hydrogens is 316 g/mol. The third kappa shape index (κ3) is 4.97. The maximum atomic E-state index is 12.5. The lowest BCUT2D eigenvalue weighted by molar-refractivity contribution is -0.116. The van der Waals surface area contributed by atoms with Crippen LogP contribution in [0.25, 0.3) is 0 Å². The molecule has 0 unspecified atom stereocenters. The van der Waals surface area contributed by atoms with Crippen molar-refractivity contribution in [1.29, 1.82) is 5.41 Å². The number of amides is 1. The Morgan fingerprint density at radius 3 is 2.83 bits per heavy atom. The first-order valence-electron chi connectivity index (χ1n) is 7.36. The Bertz CT molecular complexity index is 626. The quantitative estimate of drug-likeness (QED) is 0.253. The standard InChI is InChI=1S/C16H21ClN4O2/c1-16(5-6-16)9-23-14(13(8-18)20-10-19)15(22)21-12-4-2-3-11(17)7-12/h2-4,7-8,18,20H,5-6,9-10,19H2,1H3,(H,21,22)/b14-13-,18-8?. The zero-order valence-corrected chi connectivity index (χ0v) is 13.7. The Morgan fingerprint density at radius 1 is 1.52 bits per heavy atom. The number of benzene rings is 1. The minimum atomic E-state index is -0.448. The lowest BCUT2D eigenvalue weighted by Gasteiger charge is -2.17. The van der Waals surface area contributed by atoms with E-state index in [1.54, 1.807) is 24.3 Å². The van der Waals surface area contributed by atoms with E-state index in [4.69, 9.17) is 27.5 Å². The minimum absolute atomic E-state index is 0.0542. The largest absolute Gasteiger partial charge is 0.486 e. The van der Waals surface area contributed by atoms with E-state index >= 15 is 0 Å². The number of carbonyl (C=O) groups excluding carboxylic acids is 1. The molecule has 23 heavy (non-hydrogen) atoms. The number of nitrogens with two attached hydrogens (primary N) is 1. The molecular formula is C16H21ClN4O2. The van der Waals surface area contributed by atoms with Gasteiger partial charge in [0.1, 0.15) is 5.70 Å². The van der Waals surface area contributed by atoms with Crippen LogP contribution >= 0.6 is 11.6 Å². The molecule has 0 heterocycles. The molecule has 0 aliphatic heterocycles. The Morgan fingerprint density at radius 2 is 2.26 bits per heavy atom. The van der Waals surface area contributed by atoms with Crippen LogP contribution in [0, 0.1) is 10.8 Å². The predicted octanol–water partition coefficient (Wildman–Crippen LogP) is 2.46. The van der Waals surface area contributed by atoms with Gasteiger partial charge in [-0.05, 0) is 31.0 Å². The monoisotopic (exact) mass is 336 g/mol. The first-order chi connectivity index (χ1) is 11.0. The maximum Gasteiger partial charge on any atom is 0.292 e. The molecule has 1 fully saturated rings. The number of halogens is 1. The van der Waals surface area contributed by atoms with Crippen molar-refractivity contribution in [2.45, 2.75) is 19.8 Å². The predicted molar refractivity (Wildman–Crippen MR) is 91.4 cm³/mol.